The minimum absolute atomic E-state index is 0.368. The molecule has 3 nitrogen and oxygen atoms in total. The Hall–Kier alpha value is -0.650. The average Bonchev–Trinajstić information content (AvgIpc) is 2.29. The molecule has 2 aromatic rings. The minimum atomic E-state index is 0.368. The number of halogens is 3. The number of benzene rings is 1. The van der Waals surface area contributed by atoms with Crippen molar-refractivity contribution in [1.29, 1.82) is 0 Å². The van der Waals surface area contributed by atoms with Crippen LogP contribution in [0.1, 0.15) is 11.4 Å². The highest BCUT2D eigenvalue weighted by atomic mass is 79.9. The van der Waals surface area contributed by atoms with Gasteiger partial charge >= 0.3 is 0 Å². The van der Waals surface area contributed by atoms with Gasteiger partial charge in [-0.2, -0.15) is 0 Å². The highest BCUT2D eigenvalue weighted by Crippen LogP contribution is 2.30. The monoisotopic (exact) mass is 389 g/mol. The van der Waals surface area contributed by atoms with Gasteiger partial charge in [0.25, 0.3) is 0 Å². The maximum absolute atomic E-state index is 6.07. The van der Waals surface area contributed by atoms with Crippen molar-refractivity contribution >= 4 is 55.0 Å². The van der Waals surface area contributed by atoms with Gasteiger partial charge < -0.3 is 5.32 Å². The molecule has 0 saturated heterocycles. The molecule has 0 aliphatic rings. The summed E-state index contributed by atoms with van der Waals surface area (Å²) in [4.78, 5) is 8.63. The van der Waals surface area contributed by atoms with Crippen molar-refractivity contribution in [2.45, 2.75) is 13.8 Å². The Morgan fingerprint density at radius 2 is 1.78 bits per heavy atom. The molecule has 0 aliphatic heterocycles. The van der Waals surface area contributed by atoms with Gasteiger partial charge in [-0.15, -0.1) is 0 Å². The highest BCUT2D eigenvalue weighted by Gasteiger charge is 2.09. The zero-order chi connectivity index (χ0) is 13.3. The summed E-state index contributed by atoms with van der Waals surface area (Å²) < 4.78 is 1.92. The molecule has 2 rings (SSSR count). The van der Waals surface area contributed by atoms with Crippen LogP contribution in [0.15, 0.2) is 27.1 Å². The van der Waals surface area contributed by atoms with Crippen LogP contribution in [0.3, 0.4) is 0 Å². The second-order valence-electron chi connectivity index (χ2n) is 3.78. The third-order valence-corrected chi connectivity index (χ3v) is 3.86. The Balaban J connectivity index is 2.37. The van der Waals surface area contributed by atoms with Crippen molar-refractivity contribution in [1.82, 2.24) is 9.97 Å². The van der Waals surface area contributed by atoms with E-state index in [0.29, 0.717) is 11.0 Å². The van der Waals surface area contributed by atoms with Gasteiger partial charge in [0.05, 0.1) is 17.1 Å². The Morgan fingerprint density at radius 3 is 2.44 bits per heavy atom. The summed E-state index contributed by atoms with van der Waals surface area (Å²) in [7, 11) is 0. The first-order valence-corrected chi connectivity index (χ1v) is 7.16. The van der Waals surface area contributed by atoms with E-state index >= 15 is 0 Å². The van der Waals surface area contributed by atoms with Gasteiger partial charge in [-0.05, 0) is 48.0 Å². The first kappa shape index (κ1) is 13.8. The topological polar surface area (TPSA) is 37.8 Å². The lowest BCUT2D eigenvalue weighted by Gasteiger charge is -2.10. The quantitative estimate of drug-likeness (QED) is 0.782. The Kier molecular flexibility index (Phi) is 4.25. The standard InChI is InChI=1S/C12H10Br2ClN3/c1-6-7(2)17-12(11(15)16-6)18-10-4-3-8(13)5-9(10)14/h3-5H,1-2H3,(H,17,18). The highest BCUT2D eigenvalue weighted by molar-refractivity contribution is 9.11. The van der Waals surface area contributed by atoms with Crippen molar-refractivity contribution in [3.8, 4) is 0 Å². The first-order valence-electron chi connectivity index (χ1n) is 5.20. The van der Waals surface area contributed by atoms with Gasteiger partial charge in [-0.1, -0.05) is 27.5 Å². The molecule has 0 unspecified atom stereocenters. The lowest BCUT2D eigenvalue weighted by Crippen LogP contribution is -2.01. The van der Waals surface area contributed by atoms with Crippen LogP contribution in [-0.4, -0.2) is 9.97 Å². The van der Waals surface area contributed by atoms with Gasteiger partial charge in [0.2, 0.25) is 0 Å². The van der Waals surface area contributed by atoms with Gasteiger partial charge in [-0.3, -0.25) is 0 Å². The van der Waals surface area contributed by atoms with Gasteiger partial charge in [0, 0.05) is 8.95 Å². The summed E-state index contributed by atoms with van der Waals surface area (Å²) in [6, 6.07) is 5.82. The Labute approximate surface area is 127 Å². The fourth-order valence-electron chi connectivity index (χ4n) is 1.37. The van der Waals surface area contributed by atoms with Crippen molar-refractivity contribution in [3.05, 3.63) is 43.7 Å². The molecule has 1 heterocycles. The summed E-state index contributed by atoms with van der Waals surface area (Å²) in [6.07, 6.45) is 0. The number of rotatable bonds is 2. The molecule has 6 heteroatoms. The van der Waals surface area contributed by atoms with Crippen LogP contribution in [0.2, 0.25) is 5.15 Å². The van der Waals surface area contributed by atoms with Gasteiger partial charge in [-0.25, -0.2) is 9.97 Å². The number of nitrogens with zero attached hydrogens (tertiary/aromatic N) is 2. The molecule has 0 atom stereocenters. The molecular formula is C12H10Br2ClN3. The first-order chi connectivity index (χ1) is 8.47. The zero-order valence-corrected chi connectivity index (χ0v) is 13.7. The second kappa shape index (κ2) is 5.55. The maximum atomic E-state index is 6.07. The second-order valence-corrected chi connectivity index (χ2v) is 5.91. The summed E-state index contributed by atoms with van der Waals surface area (Å²) in [5.41, 5.74) is 2.58. The largest absolute Gasteiger partial charge is 0.337 e. The van der Waals surface area contributed by atoms with Crippen molar-refractivity contribution < 1.29 is 0 Å². The predicted molar refractivity (Wildman–Crippen MR) is 81.6 cm³/mol. The van der Waals surface area contributed by atoms with E-state index < -0.39 is 0 Å². The van der Waals surface area contributed by atoms with Crippen molar-refractivity contribution in [3.63, 3.8) is 0 Å². The van der Waals surface area contributed by atoms with E-state index in [9.17, 15) is 0 Å². The molecule has 1 aromatic heterocycles. The van der Waals surface area contributed by atoms with Crippen LogP contribution < -0.4 is 5.32 Å². The normalized spacial score (nSPS) is 10.5. The molecule has 0 spiro atoms. The number of aryl methyl sites for hydroxylation is 2. The van der Waals surface area contributed by atoms with Gasteiger partial charge in [0.15, 0.2) is 11.0 Å². The van der Waals surface area contributed by atoms with E-state index in [0.717, 1.165) is 26.0 Å². The molecule has 0 fully saturated rings. The minimum Gasteiger partial charge on any atom is -0.337 e. The third kappa shape index (κ3) is 3.02. The number of aromatic nitrogens is 2. The van der Waals surface area contributed by atoms with Crippen LogP contribution >= 0.6 is 43.5 Å². The van der Waals surface area contributed by atoms with Gasteiger partial charge in [0.1, 0.15) is 0 Å². The van der Waals surface area contributed by atoms with E-state index in [1.165, 1.54) is 0 Å². The van der Waals surface area contributed by atoms with Crippen molar-refractivity contribution in [2.75, 3.05) is 5.32 Å². The molecule has 0 amide bonds. The smallest absolute Gasteiger partial charge is 0.172 e. The summed E-state index contributed by atoms with van der Waals surface area (Å²) in [5, 5.41) is 3.53. The van der Waals surface area contributed by atoms with Crippen LogP contribution in [-0.2, 0) is 0 Å². The van der Waals surface area contributed by atoms with E-state index in [-0.39, 0.29) is 0 Å². The van der Waals surface area contributed by atoms with Crippen LogP contribution in [0, 0.1) is 13.8 Å². The molecule has 94 valence electrons. The van der Waals surface area contributed by atoms with E-state index in [2.05, 4.69) is 47.1 Å². The third-order valence-electron chi connectivity index (χ3n) is 2.45. The SMILES string of the molecule is Cc1nc(Cl)c(Nc2ccc(Br)cc2Br)nc1C. The van der Waals surface area contributed by atoms with Crippen LogP contribution in [0.25, 0.3) is 0 Å². The van der Waals surface area contributed by atoms with E-state index in [1.807, 2.05) is 32.0 Å². The number of hydrogen-bond donors (Lipinski definition) is 1. The lowest BCUT2D eigenvalue weighted by atomic mass is 10.3. The molecule has 0 bridgehead atoms. The molecular weight excluding hydrogens is 381 g/mol. The lowest BCUT2D eigenvalue weighted by molar-refractivity contribution is 1.05. The molecule has 1 aromatic carbocycles. The van der Waals surface area contributed by atoms with Crippen LogP contribution in [0.5, 0.6) is 0 Å². The fourth-order valence-corrected chi connectivity index (χ4v) is 2.74. The summed E-state index contributed by atoms with van der Waals surface area (Å²) in [6.45, 7) is 3.79. The summed E-state index contributed by atoms with van der Waals surface area (Å²) >= 11 is 13.0. The molecule has 18 heavy (non-hydrogen) atoms. The fraction of sp³-hybridized carbons (Fsp3) is 0.167. The average molecular weight is 391 g/mol. The predicted octanol–water partition coefficient (Wildman–Crippen LogP) is 5.02. The molecule has 0 aliphatic carbocycles. The number of nitrogens with one attached hydrogen (secondary N) is 1. The Bertz CT molecular complexity index is 602. The van der Waals surface area contributed by atoms with Crippen LogP contribution in [0.4, 0.5) is 11.5 Å². The van der Waals surface area contributed by atoms with E-state index in [4.69, 9.17) is 11.6 Å². The number of anilines is 2. The summed E-state index contributed by atoms with van der Waals surface area (Å²) in [5.74, 6) is 0.558. The molecule has 0 radical (unpaired) electrons. The zero-order valence-electron chi connectivity index (χ0n) is 9.76. The molecule has 1 N–H and O–H groups in total. The molecule has 0 saturated carbocycles. The Morgan fingerprint density at radius 1 is 1.11 bits per heavy atom. The van der Waals surface area contributed by atoms with E-state index in [1.54, 1.807) is 0 Å². The number of hydrogen-bond acceptors (Lipinski definition) is 3. The maximum Gasteiger partial charge on any atom is 0.172 e. The van der Waals surface area contributed by atoms with Crippen molar-refractivity contribution in [2.24, 2.45) is 0 Å².